The summed E-state index contributed by atoms with van der Waals surface area (Å²) in [5.74, 6) is 0. The van der Waals surface area contributed by atoms with Crippen molar-refractivity contribution in [1.29, 1.82) is 0 Å². The molecule has 6 heteroatoms. The van der Waals surface area contributed by atoms with Gasteiger partial charge in [0, 0.05) is 20.1 Å². The Hall–Kier alpha value is -1.21. The molecule has 4 nitrogen and oxygen atoms in total. The Balaban J connectivity index is 2.23. The van der Waals surface area contributed by atoms with Gasteiger partial charge in [0.05, 0.1) is 0 Å². The van der Waals surface area contributed by atoms with E-state index in [0.29, 0.717) is 17.3 Å². The van der Waals surface area contributed by atoms with E-state index in [1.165, 1.54) is 15.6 Å². The molecule has 2 aromatic rings. The second kappa shape index (κ2) is 6.05. The van der Waals surface area contributed by atoms with Gasteiger partial charge >= 0.3 is 0 Å². The maximum Gasteiger partial charge on any atom is 0.252 e. The van der Waals surface area contributed by atoms with Crippen molar-refractivity contribution in [2.45, 2.75) is 24.2 Å². The summed E-state index contributed by atoms with van der Waals surface area (Å²) >= 11 is 1.21. The number of nitrogens with two attached hydrogens (primary N) is 1. The van der Waals surface area contributed by atoms with Crippen molar-refractivity contribution in [2.75, 3.05) is 7.05 Å². The smallest absolute Gasteiger partial charge is 0.252 e. The van der Waals surface area contributed by atoms with Crippen LogP contribution < -0.4 is 5.73 Å². The molecule has 20 heavy (non-hydrogen) atoms. The van der Waals surface area contributed by atoms with Gasteiger partial charge in [-0.1, -0.05) is 24.3 Å². The monoisotopic (exact) mass is 310 g/mol. The predicted octanol–water partition coefficient (Wildman–Crippen LogP) is 2.34. The predicted molar refractivity (Wildman–Crippen MR) is 82.0 cm³/mol. The fourth-order valence-corrected chi connectivity index (χ4v) is 4.44. The molecule has 2 N–H and O–H groups in total. The van der Waals surface area contributed by atoms with Crippen molar-refractivity contribution in [3.63, 3.8) is 0 Å². The van der Waals surface area contributed by atoms with Crippen LogP contribution in [0.2, 0.25) is 0 Å². The van der Waals surface area contributed by atoms with Crippen LogP contribution in [0.1, 0.15) is 16.7 Å². The summed E-state index contributed by atoms with van der Waals surface area (Å²) in [6.45, 7) is 2.70. The van der Waals surface area contributed by atoms with E-state index in [1.807, 2.05) is 31.2 Å². The molecule has 0 aliphatic carbocycles. The third-order valence-electron chi connectivity index (χ3n) is 3.18. The van der Waals surface area contributed by atoms with Crippen molar-refractivity contribution in [2.24, 2.45) is 5.73 Å². The molecular formula is C14H18N2O2S2. The molecule has 0 bridgehead atoms. The van der Waals surface area contributed by atoms with Gasteiger partial charge in [0.15, 0.2) is 0 Å². The minimum Gasteiger partial charge on any atom is -0.326 e. The number of hydrogen-bond acceptors (Lipinski definition) is 4. The molecule has 0 fully saturated rings. The molecule has 0 saturated carbocycles. The van der Waals surface area contributed by atoms with Crippen molar-refractivity contribution in [3.05, 3.63) is 52.4 Å². The summed E-state index contributed by atoms with van der Waals surface area (Å²) in [7, 11) is -1.85. The molecule has 1 heterocycles. The van der Waals surface area contributed by atoms with Gasteiger partial charge in [-0.3, -0.25) is 0 Å². The fraction of sp³-hybridized carbons (Fsp3) is 0.286. The minimum atomic E-state index is -3.45. The van der Waals surface area contributed by atoms with Crippen LogP contribution in [-0.4, -0.2) is 19.8 Å². The molecule has 0 amide bonds. The zero-order chi connectivity index (χ0) is 14.8. The summed E-state index contributed by atoms with van der Waals surface area (Å²) in [6.07, 6.45) is 0. The lowest BCUT2D eigenvalue weighted by Gasteiger charge is -2.17. The molecule has 108 valence electrons. The Kier molecular flexibility index (Phi) is 4.59. The van der Waals surface area contributed by atoms with Gasteiger partial charge in [0.1, 0.15) is 4.21 Å². The fourth-order valence-electron chi connectivity index (χ4n) is 1.86. The second-order valence-corrected chi connectivity index (χ2v) is 7.85. The Morgan fingerprint density at radius 1 is 1.30 bits per heavy atom. The third kappa shape index (κ3) is 3.09. The van der Waals surface area contributed by atoms with Gasteiger partial charge in [-0.2, -0.15) is 4.31 Å². The SMILES string of the molecule is Cc1ccccc1CN(C)S(=O)(=O)c1cc(CN)cs1. The standard InChI is InChI=1S/C14H18N2O2S2/c1-11-5-3-4-6-13(11)9-16(2)20(17,18)14-7-12(8-15)10-19-14/h3-7,10H,8-9,15H2,1-2H3. The molecular weight excluding hydrogens is 292 g/mol. The number of aryl methyl sites for hydroxylation is 1. The van der Waals surface area contributed by atoms with Crippen LogP contribution in [0.25, 0.3) is 0 Å². The lowest BCUT2D eigenvalue weighted by atomic mass is 10.1. The summed E-state index contributed by atoms with van der Waals surface area (Å²) in [5.41, 5.74) is 8.46. The number of nitrogens with zero attached hydrogens (tertiary/aromatic N) is 1. The van der Waals surface area contributed by atoms with Gasteiger partial charge in [-0.15, -0.1) is 11.3 Å². The molecule has 0 saturated heterocycles. The molecule has 0 unspecified atom stereocenters. The average Bonchev–Trinajstić information content (AvgIpc) is 2.90. The maximum atomic E-state index is 12.5. The van der Waals surface area contributed by atoms with Gasteiger partial charge in [-0.25, -0.2) is 8.42 Å². The van der Waals surface area contributed by atoms with E-state index in [4.69, 9.17) is 5.73 Å². The largest absolute Gasteiger partial charge is 0.326 e. The highest BCUT2D eigenvalue weighted by atomic mass is 32.2. The van der Waals surface area contributed by atoms with Crippen molar-refractivity contribution in [3.8, 4) is 0 Å². The van der Waals surface area contributed by atoms with Gasteiger partial charge < -0.3 is 5.73 Å². The van der Waals surface area contributed by atoms with Crippen LogP contribution in [0.3, 0.4) is 0 Å². The van der Waals surface area contributed by atoms with Crippen molar-refractivity contribution in [1.82, 2.24) is 4.31 Å². The van der Waals surface area contributed by atoms with Crippen LogP contribution in [0, 0.1) is 6.92 Å². The lowest BCUT2D eigenvalue weighted by molar-refractivity contribution is 0.467. The van der Waals surface area contributed by atoms with E-state index in [2.05, 4.69) is 0 Å². The number of thiophene rings is 1. The van der Waals surface area contributed by atoms with Crippen LogP contribution in [0.15, 0.2) is 39.9 Å². The topological polar surface area (TPSA) is 63.4 Å². The zero-order valence-electron chi connectivity index (χ0n) is 11.5. The van der Waals surface area contributed by atoms with E-state index < -0.39 is 10.0 Å². The van der Waals surface area contributed by atoms with Crippen LogP contribution in [0.4, 0.5) is 0 Å². The van der Waals surface area contributed by atoms with Crippen molar-refractivity contribution >= 4 is 21.4 Å². The molecule has 1 aromatic carbocycles. The number of hydrogen-bond donors (Lipinski definition) is 1. The highest BCUT2D eigenvalue weighted by Gasteiger charge is 2.23. The summed E-state index contributed by atoms with van der Waals surface area (Å²) < 4.78 is 26.7. The number of benzene rings is 1. The second-order valence-electron chi connectivity index (χ2n) is 4.67. The molecule has 0 aliphatic heterocycles. The summed E-state index contributed by atoms with van der Waals surface area (Å²) in [5, 5.41) is 1.79. The highest BCUT2D eigenvalue weighted by Crippen LogP contribution is 2.24. The number of sulfonamides is 1. The van der Waals surface area contributed by atoms with E-state index in [0.717, 1.165) is 16.7 Å². The molecule has 0 aliphatic rings. The Morgan fingerprint density at radius 2 is 2.00 bits per heavy atom. The maximum absolute atomic E-state index is 12.5. The van der Waals surface area contributed by atoms with Crippen LogP contribution >= 0.6 is 11.3 Å². The van der Waals surface area contributed by atoms with Crippen LogP contribution in [0.5, 0.6) is 0 Å². The molecule has 0 spiro atoms. The van der Waals surface area contributed by atoms with Gasteiger partial charge in [0.25, 0.3) is 10.0 Å². The molecule has 0 atom stereocenters. The first kappa shape index (κ1) is 15.2. The Labute approximate surface area is 123 Å². The van der Waals surface area contributed by atoms with E-state index >= 15 is 0 Å². The minimum absolute atomic E-state index is 0.342. The number of rotatable bonds is 5. The van der Waals surface area contributed by atoms with Crippen LogP contribution in [-0.2, 0) is 23.1 Å². The van der Waals surface area contributed by atoms with E-state index in [1.54, 1.807) is 18.5 Å². The van der Waals surface area contributed by atoms with Crippen molar-refractivity contribution < 1.29 is 8.42 Å². The average molecular weight is 310 g/mol. The highest BCUT2D eigenvalue weighted by molar-refractivity contribution is 7.91. The van der Waals surface area contributed by atoms with E-state index in [9.17, 15) is 8.42 Å². The first-order valence-corrected chi connectivity index (χ1v) is 8.55. The van der Waals surface area contributed by atoms with Gasteiger partial charge in [-0.05, 0) is 35.1 Å². The molecule has 2 rings (SSSR count). The quantitative estimate of drug-likeness (QED) is 0.922. The third-order valence-corrected chi connectivity index (χ3v) is 6.45. The zero-order valence-corrected chi connectivity index (χ0v) is 13.2. The normalized spacial score (nSPS) is 12.0. The first-order chi connectivity index (χ1) is 9.45. The Morgan fingerprint density at radius 3 is 2.60 bits per heavy atom. The molecule has 1 aromatic heterocycles. The Bertz CT molecular complexity index is 693. The first-order valence-electron chi connectivity index (χ1n) is 6.23. The van der Waals surface area contributed by atoms with E-state index in [-0.39, 0.29) is 0 Å². The summed E-state index contributed by atoms with van der Waals surface area (Å²) in [4.78, 5) is 0. The summed E-state index contributed by atoms with van der Waals surface area (Å²) in [6, 6.07) is 9.43. The molecule has 0 radical (unpaired) electrons. The lowest BCUT2D eigenvalue weighted by Crippen LogP contribution is -2.26. The van der Waals surface area contributed by atoms with Gasteiger partial charge in [0.2, 0.25) is 0 Å².